The molecule has 1 aliphatic rings. The van der Waals surface area contributed by atoms with E-state index in [9.17, 15) is 35.2 Å². The molecule has 0 saturated heterocycles. The van der Waals surface area contributed by atoms with Crippen LogP contribution < -0.4 is 10.0 Å². The maximum absolute atomic E-state index is 14.6. The number of halogens is 5. The van der Waals surface area contributed by atoms with E-state index < -0.39 is 56.7 Å². The van der Waals surface area contributed by atoms with Crippen molar-refractivity contribution in [2.45, 2.75) is 44.8 Å². The highest BCUT2D eigenvalue weighted by atomic mass is 32.2. The highest BCUT2D eigenvalue weighted by Crippen LogP contribution is 2.54. The van der Waals surface area contributed by atoms with Gasteiger partial charge in [0.1, 0.15) is 11.6 Å². The third-order valence-corrected chi connectivity index (χ3v) is 6.54. The van der Waals surface area contributed by atoms with Gasteiger partial charge in [-0.25, -0.2) is 17.2 Å². The third kappa shape index (κ3) is 5.29. The fourth-order valence-electron chi connectivity index (χ4n) is 3.90. The molecule has 0 unspecified atom stereocenters. The summed E-state index contributed by atoms with van der Waals surface area (Å²) in [7, 11) is -3.60. The number of rotatable bonds is 6. The van der Waals surface area contributed by atoms with Crippen molar-refractivity contribution in [2.24, 2.45) is 5.92 Å². The van der Waals surface area contributed by atoms with Crippen LogP contribution in [0.4, 0.5) is 27.6 Å². The average molecular weight is 490 g/mol. The standard InChI is InChI=1S/C22H23F5N2O3S/c1-11-7-14(17(23)9-19(11)29-33(4,31)32)12(2)28-20(30)16-10-21(16,3)13-5-6-15(18(24)8-13)22(25,26)27/h5-9,12,16,29H,10H2,1-4H3,(H,28,30)/t12-,16-,21-/m1/s1. The van der Waals surface area contributed by atoms with Crippen LogP contribution in [0.5, 0.6) is 0 Å². The fourth-order valence-corrected chi connectivity index (χ4v) is 4.52. The largest absolute Gasteiger partial charge is 0.419 e. The first-order valence-corrected chi connectivity index (χ1v) is 11.9. The van der Waals surface area contributed by atoms with E-state index in [4.69, 9.17) is 0 Å². The second-order valence-electron chi connectivity index (χ2n) is 8.66. The Balaban J connectivity index is 1.74. The maximum Gasteiger partial charge on any atom is 0.419 e. The van der Waals surface area contributed by atoms with E-state index in [2.05, 4.69) is 10.0 Å². The van der Waals surface area contributed by atoms with Gasteiger partial charge in [-0.15, -0.1) is 0 Å². The molecule has 3 atom stereocenters. The predicted molar refractivity (Wildman–Crippen MR) is 113 cm³/mol. The Labute approximate surface area is 188 Å². The van der Waals surface area contributed by atoms with Crippen LogP contribution in [0, 0.1) is 24.5 Å². The number of anilines is 1. The van der Waals surface area contributed by atoms with E-state index in [0.29, 0.717) is 18.1 Å². The van der Waals surface area contributed by atoms with Gasteiger partial charge in [-0.3, -0.25) is 9.52 Å². The first-order chi connectivity index (χ1) is 15.0. The minimum Gasteiger partial charge on any atom is -0.349 e. The Kier molecular flexibility index (Phi) is 6.25. The van der Waals surface area contributed by atoms with Crippen molar-refractivity contribution >= 4 is 21.6 Å². The molecule has 0 radical (unpaired) electrons. The fraction of sp³-hybridized carbons (Fsp3) is 0.409. The van der Waals surface area contributed by atoms with Gasteiger partial charge in [-0.1, -0.05) is 13.0 Å². The molecule has 2 aromatic rings. The summed E-state index contributed by atoms with van der Waals surface area (Å²) in [6.07, 6.45) is -3.57. The van der Waals surface area contributed by atoms with Crippen LogP contribution in [-0.2, 0) is 26.4 Å². The van der Waals surface area contributed by atoms with Crippen LogP contribution in [-0.4, -0.2) is 20.6 Å². The molecule has 0 spiro atoms. The number of sulfonamides is 1. The Hall–Kier alpha value is -2.69. The van der Waals surface area contributed by atoms with Gasteiger partial charge in [-0.05, 0) is 55.7 Å². The van der Waals surface area contributed by atoms with Gasteiger partial charge >= 0.3 is 6.18 Å². The number of nitrogens with one attached hydrogen (secondary N) is 2. The number of amides is 1. The molecule has 5 nitrogen and oxygen atoms in total. The highest BCUT2D eigenvalue weighted by molar-refractivity contribution is 7.92. The number of carbonyl (C=O) groups excluding carboxylic acids is 1. The molecular formula is C22H23F5N2O3S. The van der Waals surface area contributed by atoms with Gasteiger partial charge in [0, 0.05) is 16.9 Å². The van der Waals surface area contributed by atoms with Crippen molar-refractivity contribution in [3.8, 4) is 0 Å². The molecule has 2 N–H and O–H groups in total. The van der Waals surface area contributed by atoms with Gasteiger partial charge < -0.3 is 5.32 Å². The monoisotopic (exact) mass is 490 g/mol. The molecule has 180 valence electrons. The van der Waals surface area contributed by atoms with E-state index in [1.165, 1.54) is 12.1 Å². The molecule has 0 aromatic heterocycles. The normalized spacial score (nSPS) is 21.4. The van der Waals surface area contributed by atoms with Crippen molar-refractivity contribution < 1.29 is 35.2 Å². The summed E-state index contributed by atoms with van der Waals surface area (Å²) >= 11 is 0. The molecule has 1 fully saturated rings. The number of benzene rings is 2. The molecule has 0 heterocycles. The highest BCUT2D eigenvalue weighted by Gasteiger charge is 2.56. The van der Waals surface area contributed by atoms with Crippen LogP contribution in [0.1, 0.15) is 48.6 Å². The second kappa shape index (κ2) is 8.27. The molecule has 1 amide bonds. The molecule has 33 heavy (non-hydrogen) atoms. The summed E-state index contributed by atoms with van der Waals surface area (Å²) in [5, 5.41) is 2.68. The summed E-state index contributed by atoms with van der Waals surface area (Å²) < 4.78 is 92.0. The summed E-state index contributed by atoms with van der Waals surface area (Å²) in [6.45, 7) is 4.79. The first kappa shape index (κ1) is 24.9. The number of carbonyl (C=O) groups is 1. The second-order valence-corrected chi connectivity index (χ2v) is 10.4. The maximum atomic E-state index is 14.6. The van der Waals surface area contributed by atoms with Crippen molar-refractivity contribution in [1.82, 2.24) is 5.32 Å². The Morgan fingerprint density at radius 2 is 1.79 bits per heavy atom. The summed E-state index contributed by atoms with van der Waals surface area (Å²) in [5.74, 6) is -3.18. The van der Waals surface area contributed by atoms with E-state index in [1.807, 2.05) is 0 Å². The van der Waals surface area contributed by atoms with Crippen molar-refractivity contribution in [3.63, 3.8) is 0 Å². The van der Waals surface area contributed by atoms with Crippen LogP contribution in [0.2, 0.25) is 0 Å². The molecule has 1 saturated carbocycles. The van der Waals surface area contributed by atoms with Crippen LogP contribution >= 0.6 is 0 Å². The molecule has 11 heteroatoms. The first-order valence-electron chi connectivity index (χ1n) is 9.98. The number of alkyl halides is 3. The van der Waals surface area contributed by atoms with Gasteiger partial charge in [-0.2, -0.15) is 13.2 Å². The van der Waals surface area contributed by atoms with Crippen LogP contribution in [0.15, 0.2) is 30.3 Å². The number of aryl methyl sites for hydroxylation is 1. The topological polar surface area (TPSA) is 75.3 Å². The van der Waals surface area contributed by atoms with Gasteiger partial charge in [0.25, 0.3) is 0 Å². The molecular weight excluding hydrogens is 467 g/mol. The SMILES string of the molecule is Cc1cc([C@@H](C)NC(=O)[C@H]2C[C@]2(C)c2ccc(C(F)(F)F)c(F)c2)c(F)cc1NS(C)(=O)=O. The number of hydrogen-bond donors (Lipinski definition) is 2. The summed E-state index contributed by atoms with van der Waals surface area (Å²) in [5.41, 5.74) is -1.26. The lowest BCUT2D eigenvalue weighted by atomic mass is 9.93. The summed E-state index contributed by atoms with van der Waals surface area (Å²) in [4.78, 5) is 12.7. The van der Waals surface area contributed by atoms with Crippen LogP contribution in [0.25, 0.3) is 0 Å². The zero-order valence-electron chi connectivity index (χ0n) is 18.3. The van der Waals surface area contributed by atoms with Crippen molar-refractivity contribution in [1.29, 1.82) is 0 Å². The lowest BCUT2D eigenvalue weighted by Gasteiger charge is -2.19. The minimum atomic E-state index is -4.81. The lowest BCUT2D eigenvalue weighted by molar-refractivity contribution is -0.140. The van der Waals surface area contributed by atoms with Gasteiger partial charge in [0.15, 0.2) is 0 Å². The Bertz CT molecular complexity index is 1210. The van der Waals surface area contributed by atoms with Crippen molar-refractivity contribution in [3.05, 3.63) is 64.2 Å². The van der Waals surface area contributed by atoms with E-state index in [0.717, 1.165) is 18.4 Å². The Morgan fingerprint density at radius 1 is 1.15 bits per heavy atom. The molecule has 0 aliphatic heterocycles. The zero-order chi connectivity index (χ0) is 24.9. The molecule has 0 bridgehead atoms. The molecule has 1 aliphatic carbocycles. The van der Waals surface area contributed by atoms with Crippen LogP contribution in [0.3, 0.4) is 0 Å². The van der Waals surface area contributed by atoms with Gasteiger partial charge in [0.2, 0.25) is 15.9 Å². The smallest absolute Gasteiger partial charge is 0.349 e. The number of hydrogen-bond acceptors (Lipinski definition) is 3. The zero-order valence-corrected chi connectivity index (χ0v) is 19.1. The predicted octanol–water partition coefficient (Wildman–Crippen LogP) is 4.82. The Morgan fingerprint density at radius 3 is 2.33 bits per heavy atom. The van der Waals surface area contributed by atoms with E-state index >= 15 is 0 Å². The third-order valence-electron chi connectivity index (χ3n) is 5.95. The van der Waals surface area contributed by atoms with E-state index in [-0.39, 0.29) is 16.8 Å². The molecule has 3 rings (SSSR count). The molecule has 2 aromatic carbocycles. The van der Waals surface area contributed by atoms with Gasteiger partial charge in [0.05, 0.1) is 23.5 Å². The quantitative estimate of drug-likeness (QED) is 0.571. The summed E-state index contributed by atoms with van der Waals surface area (Å²) in [6, 6.07) is 4.31. The van der Waals surface area contributed by atoms with E-state index in [1.54, 1.807) is 20.8 Å². The lowest BCUT2D eigenvalue weighted by Crippen LogP contribution is -2.31. The minimum absolute atomic E-state index is 0.0800. The average Bonchev–Trinajstić information content (AvgIpc) is 3.35. The van der Waals surface area contributed by atoms with Crippen molar-refractivity contribution in [2.75, 3.05) is 11.0 Å².